The number of rotatable bonds is 3. The van der Waals surface area contributed by atoms with Crippen molar-refractivity contribution >= 4 is 55.0 Å². The van der Waals surface area contributed by atoms with Crippen LogP contribution in [-0.2, 0) is 0 Å². The highest BCUT2D eigenvalue weighted by Crippen LogP contribution is 2.40. The van der Waals surface area contributed by atoms with Crippen molar-refractivity contribution in [3.05, 3.63) is 149 Å². The van der Waals surface area contributed by atoms with Gasteiger partial charge in [-0.05, 0) is 60.2 Å². The molecule has 0 spiro atoms. The summed E-state index contributed by atoms with van der Waals surface area (Å²) in [5.41, 5.74) is 7.69. The van der Waals surface area contributed by atoms with E-state index >= 15 is 0 Å². The van der Waals surface area contributed by atoms with Gasteiger partial charge in [0.05, 0.1) is 71.0 Å². The summed E-state index contributed by atoms with van der Waals surface area (Å²) in [6, 6.07) is 38.1. The molecule has 0 N–H and O–H groups in total. The lowest BCUT2D eigenvalue weighted by atomic mass is 10.0. The number of aromatic nitrogens is 3. The molecule has 0 aliphatic rings. The lowest BCUT2D eigenvalue weighted by Gasteiger charge is -2.17. The molecule has 218 valence electrons. The van der Waals surface area contributed by atoms with E-state index in [0.29, 0.717) is 39.6 Å². The van der Waals surface area contributed by atoms with E-state index in [4.69, 9.17) is 18.1 Å². The molecule has 0 amide bonds. The van der Waals surface area contributed by atoms with E-state index in [1.165, 1.54) is 0 Å². The van der Waals surface area contributed by atoms with Gasteiger partial charge < -0.3 is 4.57 Å². The minimum atomic E-state index is 0.471. The predicted molar refractivity (Wildman–Crippen MR) is 185 cm³/mol. The van der Waals surface area contributed by atoms with Gasteiger partial charge in [0.1, 0.15) is 5.82 Å². The molecule has 0 aliphatic carbocycles. The second-order valence-corrected chi connectivity index (χ2v) is 11.2. The Balaban J connectivity index is 1.52. The zero-order chi connectivity index (χ0) is 32.9. The zero-order valence-corrected chi connectivity index (χ0v) is 25.0. The van der Waals surface area contributed by atoms with E-state index in [9.17, 15) is 15.8 Å². The molecule has 0 bridgehead atoms. The Morgan fingerprint density at radius 3 is 1.60 bits per heavy atom. The first-order chi connectivity index (χ1) is 23.5. The summed E-state index contributed by atoms with van der Waals surface area (Å²) < 4.78 is 3.97. The number of pyridine rings is 1. The number of fused-ring (bicyclic) bond motifs is 6. The second kappa shape index (κ2) is 10.7. The van der Waals surface area contributed by atoms with Gasteiger partial charge in [-0.25, -0.2) is 14.7 Å². The quantitative estimate of drug-likeness (QED) is 0.186. The normalized spacial score (nSPS) is 10.8. The lowest BCUT2D eigenvalue weighted by molar-refractivity contribution is 1.06. The third kappa shape index (κ3) is 4.15. The number of hydrogen-bond donors (Lipinski definition) is 0. The highest BCUT2D eigenvalue weighted by molar-refractivity contribution is 6.12. The first-order valence-corrected chi connectivity index (χ1v) is 14.8. The van der Waals surface area contributed by atoms with Gasteiger partial charge >= 0.3 is 0 Å². The fourth-order valence-electron chi connectivity index (χ4n) is 6.52. The molecule has 0 unspecified atom stereocenters. The van der Waals surface area contributed by atoms with E-state index in [-0.39, 0.29) is 0 Å². The number of benzene rings is 5. The topological polar surface area (TPSA) is 103 Å². The molecule has 8 heteroatoms. The highest BCUT2D eigenvalue weighted by atomic mass is 15.1. The summed E-state index contributed by atoms with van der Waals surface area (Å²) in [6.45, 7) is 15.4. The van der Waals surface area contributed by atoms with Crippen LogP contribution in [0.15, 0.2) is 109 Å². The van der Waals surface area contributed by atoms with Crippen LogP contribution in [0.3, 0.4) is 0 Å². The average Bonchev–Trinajstić information content (AvgIpc) is 3.65. The maximum atomic E-state index is 9.82. The Morgan fingerprint density at radius 1 is 0.542 bits per heavy atom. The van der Waals surface area contributed by atoms with Crippen LogP contribution in [0.5, 0.6) is 0 Å². The first kappa shape index (κ1) is 27.8. The molecule has 8 nitrogen and oxygen atoms in total. The maximum absolute atomic E-state index is 9.82. The van der Waals surface area contributed by atoms with Crippen LogP contribution in [0.25, 0.3) is 75.9 Å². The van der Waals surface area contributed by atoms with E-state index in [1.54, 1.807) is 36.5 Å². The summed E-state index contributed by atoms with van der Waals surface area (Å²) >= 11 is 0. The highest BCUT2D eigenvalue weighted by Gasteiger charge is 2.21. The Labute approximate surface area is 274 Å². The molecule has 0 fully saturated rings. The molecular formula is C40H18N8. The van der Waals surface area contributed by atoms with Gasteiger partial charge in [-0.1, -0.05) is 48.5 Å². The lowest BCUT2D eigenvalue weighted by Crippen LogP contribution is -2.03. The largest absolute Gasteiger partial charge is 0.308 e. The van der Waals surface area contributed by atoms with Crippen molar-refractivity contribution in [2.45, 2.75) is 0 Å². The van der Waals surface area contributed by atoms with Crippen LogP contribution in [0.1, 0.15) is 16.7 Å². The molecule has 0 radical (unpaired) electrons. The predicted octanol–water partition coefficient (Wildman–Crippen LogP) is 9.66. The monoisotopic (exact) mass is 610 g/mol. The van der Waals surface area contributed by atoms with Crippen molar-refractivity contribution < 1.29 is 0 Å². The second-order valence-electron chi connectivity index (χ2n) is 11.2. The third-order valence-electron chi connectivity index (χ3n) is 8.66. The molecular weight excluding hydrogens is 592 g/mol. The van der Waals surface area contributed by atoms with Gasteiger partial charge in [-0.15, -0.1) is 0 Å². The molecule has 3 aromatic heterocycles. The summed E-state index contributed by atoms with van der Waals surface area (Å²) in [6.07, 6.45) is 1.76. The fraction of sp³-hybridized carbons (Fsp3) is 0. The summed E-state index contributed by atoms with van der Waals surface area (Å²) in [4.78, 5) is 12.4. The van der Waals surface area contributed by atoms with Gasteiger partial charge in [0.2, 0.25) is 0 Å². The van der Waals surface area contributed by atoms with Crippen molar-refractivity contribution in [1.29, 1.82) is 15.8 Å². The smallest absolute Gasteiger partial charge is 0.189 e. The number of hydrogen-bond acceptors (Lipinski definition) is 4. The molecule has 8 rings (SSSR count). The van der Waals surface area contributed by atoms with Crippen LogP contribution in [0, 0.1) is 47.1 Å². The van der Waals surface area contributed by atoms with E-state index in [0.717, 1.165) is 54.7 Å². The van der Waals surface area contributed by atoms with Crippen LogP contribution >= 0.6 is 0 Å². The van der Waals surface area contributed by atoms with Crippen molar-refractivity contribution in [2.24, 2.45) is 0 Å². The van der Waals surface area contributed by atoms with E-state index in [2.05, 4.69) is 27.9 Å². The molecule has 5 aromatic carbocycles. The van der Waals surface area contributed by atoms with Gasteiger partial charge in [-0.3, -0.25) is 4.57 Å². The average molecular weight is 611 g/mol. The van der Waals surface area contributed by atoms with Crippen molar-refractivity contribution in [3.8, 4) is 40.8 Å². The van der Waals surface area contributed by atoms with Crippen molar-refractivity contribution in [3.63, 3.8) is 0 Å². The molecule has 0 aliphatic heterocycles. The number of nitrogens with zero attached hydrogens (tertiary/aromatic N) is 8. The molecule has 48 heavy (non-hydrogen) atoms. The Kier molecular flexibility index (Phi) is 6.22. The van der Waals surface area contributed by atoms with Gasteiger partial charge in [0, 0.05) is 38.1 Å². The van der Waals surface area contributed by atoms with Gasteiger partial charge in [0.25, 0.3) is 0 Å². The van der Waals surface area contributed by atoms with Crippen LogP contribution in [-0.4, -0.2) is 14.1 Å². The SMILES string of the molecule is [C-]#[N+]c1ccc2c3ccc(C#N)cc3n(-c3cc(-c4cccc(C#N)c4)c(-n4c5cc(C#N)ccc5c5ccc([N+]#[C-])cc54)cn3)c2c1. The third-order valence-corrected chi connectivity index (χ3v) is 8.66. The van der Waals surface area contributed by atoms with Gasteiger partial charge in [0.15, 0.2) is 11.4 Å². The van der Waals surface area contributed by atoms with E-state index in [1.807, 2.05) is 81.9 Å². The summed E-state index contributed by atoms with van der Waals surface area (Å²) in [5.74, 6) is 0.550. The van der Waals surface area contributed by atoms with Crippen molar-refractivity contribution in [1.82, 2.24) is 14.1 Å². The number of nitriles is 3. The molecule has 0 saturated carbocycles. The minimum Gasteiger partial charge on any atom is -0.308 e. The molecule has 0 saturated heterocycles. The minimum absolute atomic E-state index is 0.471. The summed E-state index contributed by atoms with van der Waals surface area (Å²) in [5, 5.41) is 33.1. The Hall–Kier alpha value is -7.70. The van der Waals surface area contributed by atoms with Crippen LogP contribution < -0.4 is 0 Å². The molecule has 8 aromatic rings. The van der Waals surface area contributed by atoms with Gasteiger partial charge in [-0.2, -0.15) is 15.8 Å². The molecule has 3 heterocycles. The summed E-state index contributed by atoms with van der Waals surface area (Å²) in [7, 11) is 0. The van der Waals surface area contributed by atoms with Crippen LogP contribution in [0.2, 0.25) is 0 Å². The Morgan fingerprint density at radius 2 is 1.04 bits per heavy atom. The van der Waals surface area contributed by atoms with E-state index < -0.39 is 0 Å². The zero-order valence-electron chi connectivity index (χ0n) is 25.0. The standard InChI is InChI=1S/C40H18N8/c1-44-28-8-12-32-30-10-6-25(21-42)15-35(30)47(37(32)17-28)39-23-46-40(19-34(39)27-5-3-4-24(14-27)20-41)48-36-16-26(22-43)7-11-31(36)33-13-9-29(45-2)18-38(33)48/h3-19,23H. The first-order valence-electron chi connectivity index (χ1n) is 14.8. The Bertz CT molecular complexity index is 2760. The van der Waals surface area contributed by atoms with Crippen molar-refractivity contribution in [2.75, 3.05) is 0 Å². The maximum Gasteiger partial charge on any atom is 0.189 e. The van der Waals surface area contributed by atoms with Crippen LogP contribution in [0.4, 0.5) is 11.4 Å². The fourth-order valence-corrected chi connectivity index (χ4v) is 6.52. The molecule has 0 atom stereocenters.